The van der Waals surface area contributed by atoms with Crippen molar-refractivity contribution < 1.29 is 13.2 Å². The molecule has 0 radical (unpaired) electrons. The Balaban J connectivity index is 1.71. The lowest BCUT2D eigenvalue weighted by atomic mass is 10.2. The Hall–Kier alpha value is -2.36. The van der Waals surface area contributed by atoms with Crippen molar-refractivity contribution >= 4 is 22.7 Å². The molecule has 0 aliphatic carbocycles. The molecule has 0 fully saturated rings. The molecule has 3 aromatic rings. The number of hydrogen-bond acceptors (Lipinski definition) is 5. The van der Waals surface area contributed by atoms with Crippen LogP contribution in [0, 0.1) is 0 Å². The highest BCUT2D eigenvalue weighted by Crippen LogP contribution is 2.29. The van der Waals surface area contributed by atoms with Crippen molar-refractivity contribution in [2.75, 3.05) is 5.75 Å². The summed E-state index contributed by atoms with van der Waals surface area (Å²) in [6.07, 6.45) is -4.15. The van der Waals surface area contributed by atoms with E-state index in [2.05, 4.69) is 20.2 Å². The molecule has 126 valence electrons. The number of hydrogen-bond donors (Lipinski definition) is 1. The van der Waals surface area contributed by atoms with Gasteiger partial charge >= 0.3 is 6.18 Å². The molecule has 2 heterocycles. The summed E-state index contributed by atoms with van der Waals surface area (Å²) >= 11 is 1.12. The fourth-order valence-electron chi connectivity index (χ4n) is 2.18. The summed E-state index contributed by atoms with van der Waals surface area (Å²) in [5.74, 6) is -0.155. The van der Waals surface area contributed by atoms with Gasteiger partial charge in [-0.25, -0.2) is 4.98 Å². The van der Waals surface area contributed by atoms with E-state index in [1.54, 1.807) is 24.3 Å². The maximum atomic E-state index is 12.7. The molecule has 0 saturated carbocycles. The zero-order valence-corrected chi connectivity index (χ0v) is 13.3. The lowest BCUT2D eigenvalue weighted by molar-refractivity contribution is -0.147. The Bertz CT molecular complexity index is 934. The Morgan fingerprint density at radius 3 is 2.71 bits per heavy atom. The number of fused-ring (bicyclic) bond motifs is 1. The highest BCUT2D eigenvalue weighted by Gasteiger charge is 2.37. The largest absolute Gasteiger partial charge is 0.451 e. The number of aromatic amines is 1. The summed E-state index contributed by atoms with van der Waals surface area (Å²) in [6.45, 7) is 0. The molecule has 0 saturated heterocycles. The molecule has 2 aromatic heterocycles. The first-order valence-corrected chi connectivity index (χ1v) is 7.92. The molecule has 0 aliphatic heterocycles. The fraction of sp³-hybridized carbons (Fsp3) is 0.286. The molecule has 3 rings (SSSR count). The van der Waals surface area contributed by atoms with E-state index >= 15 is 0 Å². The highest BCUT2D eigenvalue weighted by molar-refractivity contribution is 7.99. The maximum absolute atomic E-state index is 12.7. The SMILES string of the molecule is Cn1c(SCCc2nc3ccccc3c(=O)[nH]2)nnc1C(F)(F)F. The van der Waals surface area contributed by atoms with Crippen LogP contribution in [-0.4, -0.2) is 30.5 Å². The minimum absolute atomic E-state index is 0.158. The molecule has 0 amide bonds. The van der Waals surface area contributed by atoms with Crippen LogP contribution in [-0.2, 0) is 19.6 Å². The number of rotatable bonds is 4. The van der Waals surface area contributed by atoms with Gasteiger partial charge < -0.3 is 9.55 Å². The summed E-state index contributed by atoms with van der Waals surface area (Å²) in [5, 5.41) is 7.36. The van der Waals surface area contributed by atoms with Crippen LogP contribution in [0.25, 0.3) is 10.9 Å². The number of nitrogens with zero attached hydrogens (tertiary/aromatic N) is 4. The highest BCUT2D eigenvalue weighted by atomic mass is 32.2. The molecule has 0 unspecified atom stereocenters. The number of benzene rings is 1. The number of H-pyrrole nitrogens is 1. The monoisotopic (exact) mass is 355 g/mol. The van der Waals surface area contributed by atoms with E-state index in [1.165, 1.54) is 7.05 Å². The molecular formula is C14H12F3N5OS. The van der Waals surface area contributed by atoms with Crippen LogP contribution in [0.3, 0.4) is 0 Å². The van der Waals surface area contributed by atoms with Crippen molar-refractivity contribution in [2.24, 2.45) is 7.05 Å². The average Bonchev–Trinajstić information content (AvgIpc) is 2.89. The van der Waals surface area contributed by atoms with Gasteiger partial charge in [-0.1, -0.05) is 23.9 Å². The normalized spacial score (nSPS) is 12.0. The van der Waals surface area contributed by atoms with Gasteiger partial charge in [0.2, 0.25) is 5.82 Å². The first-order valence-electron chi connectivity index (χ1n) is 6.93. The van der Waals surface area contributed by atoms with Crippen LogP contribution in [0.4, 0.5) is 13.2 Å². The smallest absolute Gasteiger partial charge is 0.310 e. The van der Waals surface area contributed by atoms with E-state index in [-0.39, 0.29) is 10.7 Å². The zero-order chi connectivity index (χ0) is 17.3. The summed E-state index contributed by atoms with van der Waals surface area (Å²) in [4.78, 5) is 19.0. The van der Waals surface area contributed by atoms with E-state index in [1.807, 2.05) is 0 Å². The third-order valence-corrected chi connectivity index (χ3v) is 4.34. The van der Waals surface area contributed by atoms with E-state index in [4.69, 9.17) is 0 Å². The van der Waals surface area contributed by atoms with Gasteiger partial charge in [0.05, 0.1) is 10.9 Å². The van der Waals surface area contributed by atoms with Crippen LogP contribution in [0.15, 0.2) is 34.2 Å². The second-order valence-corrected chi connectivity index (χ2v) is 6.05. The van der Waals surface area contributed by atoms with Gasteiger partial charge in [0, 0.05) is 19.2 Å². The molecular weight excluding hydrogens is 343 g/mol. The Labute approximate surface area is 138 Å². The number of aromatic nitrogens is 5. The second-order valence-electron chi connectivity index (χ2n) is 4.99. The van der Waals surface area contributed by atoms with Crippen LogP contribution >= 0.6 is 11.8 Å². The topological polar surface area (TPSA) is 76.5 Å². The standard InChI is InChI=1S/C14H12F3N5OS/c1-22-12(14(15,16)17)20-21-13(22)24-7-6-10-18-9-5-3-2-4-8(9)11(23)19-10/h2-5H,6-7H2,1H3,(H,18,19,23). The Kier molecular flexibility index (Phi) is 4.31. The molecule has 6 nitrogen and oxygen atoms in total. The van der Waals surface area contributed by atoms with Crippen molar-refractivity contribution in [2.45, 2.75) is 17.8 Å². The number of nitrogens with one attached hydrogen (secondary N) is 1. The van der Waals surface area contributed by atoms with Crippen molar-refractivity contribution in [3.05, 3.63) is 46.3 Å². The van der Waals surface area contributed by atoms with Gasteiger partial charge in [0.25, 0.3) is 5.56 Å². The van der Waals surface area contributed by atoms with E-state index in [9.17, 15) is 18.0 Å². The molecule has 0 aliphatic rings. The second kappa shape index (κ2) is 6.27. The molecule has 0 atom stereocenters. The first kappa shape index (κ1) is 16.5. The van der Waals surface area contributed by atoms with Crippen LogP contribution in [0.1, 0.15) is 11.6 Å². The Morgan fingerprint density at radius 1 is 1.25 bits per heavy atom. The van der Waals surface area contributed by atoms with Crippen LogP contribution in [0.2, 0.25) is 0 Å². The van der Waals surface area contributed by atoms with Crippen molar-refractivity contribution in [3.63, 3.8) is 0 Å². The third kappa shape index (κ3) is 3.28. The summed E-state index contributed by atoms with van der Waals surface area (Å²) < 4.78 is 38.9. The number of para-hydroxylation sites is 1. The van der Waals surface area contributed by atoms with Crippen molar-refractivity contribution in [1.82, 2.24) is 24.7 Å². The van der Waals surface area contributed by atoms with Gasteiger partial charge in [-0.15, -0.1) is 10.2 Å². The average molecular weight is 355 g/mol. The van der Waals surface area contributed by atoms with E-state index in [0.29, 0.717) is 28.9 Å². The fourth-order valence-corrected chi connectivity index (χ4v) is 3.04. The van der Waals surface area contributed by atoms with Gasteiger partial charge in [-0.3, -0.25) is 4.79 Å². The number of thioether (sulfide) groups is 1. The number of aryl methyl sites for hydroxylation is 1. The molecule has 0 spiro atoms. The van der Waals surface area contributed by atoms with E-state index in [0.717, 1.165) is 16.3 Å². The van der Waals surface area contributed by atoms with Gasteiger partial charge in [-0.2, -0.15) is 13.2 Å². The minimum atomic E-state index is -4.54. The van der Waals surface area contributed by atoms with Crippen molar-refractivity contribution in [3.8, 4) is 0 Å². The molecule has 0 bridgehead atoms. The predicted octanol–water partition coefficient (Wildman–Crippen LogP) is 2.41. The van der Waals surface area contributed by atoms with Gasteiger partial charge in [0.1, 0.15) is 5.82 Å². The zero-order valence-electron chi connectivity index (χ0n) is 12.5. The predicted molar refractivity (Wildman–Crippen MR) is 82.8 cm³/mol. The lowest BCUT2D eigenvalue weighted by Crippen LogP contribution is -2.13. The molecule has 1 N–H and O–H groups in total. The van der Waals surface area contributed by atoms with Crippen molar-refractivity contribution in [1.29, 1.82) is 0 Å². The van der Waals surface area contributed by atoms with Crippen LogP contribution < -0.4 is 5.56 Å². The summed E-state index contributed by atoms with van der Waals surface area (Å²) in [5.41, 5.74) is 0.345. The third-order valence-electron chi connectivity index (χ3n) is 3.32. The molecule has 24 heavy (non-hydrogen) atoms. The maximum Gasteiger partial charge on any atom is 0.451 e. The quantitative estimate of drug-likeness (QED) is 0.728. The molecule has 10 heteroatoms. The number of halogens is 3. The van der Waals surface area contributed by atoms with E-state index < -0.39 is 12.0 Å². The summed E-state index contributed by atoms with van der Waals surface area (Å²) in [7, 11) is 1.27. The summed E-state index contributed by atoms with van der Waals surface area (Å²) in [6, 6.07) is 6.95. The van der Waals surface area contributed by atoms with Gasteiger partial charge in [-0.05, 0) is 12.1 Å². The van der Waals surface area contributed by atoms with Crippen LogP contribution in [0.5, 0.6) is 0 Å². The Morgan fingerprint density at radius 2 is 2.00 bits per heavy atom. The van der Waals surface area contributed by atoms with Gasteiger partial charge in [0.15, 0.2) is 5.16 Å². The minimum Gasteiger partial charge on any atom is -0.310 e. The number of alkyl halides is 3. The first-order chi connectivity index (χ1) is 11.4. The lowest BCUT2D eigenvalue weighted by Gasteiger charge is -2.06. The molecule has 1 aromatic carbocycles.